The van der Waals surface area contributed by atoms with Gasteiger partial charge in [0, 0.05) is 15.1 Å². The maximum atomic E-state index is 11.9. The minimum Gasteiger partial charge on any atom is -0.343 e. The van der Waals surface area contributed by atoms with E-state index in [4.69, 9.17) is 11.6 Å². The maximum Gasteiger partial charge on any atom is 0.259 e. The van der Waals surface area contributed by atoms with Gasteiger partial charge in [-0.25, -0.2) is 5.43 Å². The van der Waals surface area contributed by atoms with E-state index in [-0.39, 0.29) is 12.5 Å². The first-order valence-electron chi connectivity index (χ1n) is 6.67. The second-order valence-electron chi connectivity index (χ2n) is 4.48. The molecule has 0 aliphatic rings. The molecule has 2 N–H and O–H groups in total. The van der Waals surface area contributed by atoms with Gasteiger partial charge in [0.2, 0.25) is 0 Å². The average Bonchev–Trinajstić information content (AvgIpc) is 2.55. The van der Waals surface area contributed by atoms with Crippen molar-refractivity contribution in [2.45, 2.75) is 0 Å². The Bertz CT molecular complexity index is 750. The fraction of sp³-hybridized carbons (Fsp3) is 0.0625. The van der Waals surface area contributed by atoms with Crippen molar-refractivity contribution in [1.29, 1.82) is 0 Å². The van der Waals surface area contributed by atoms with Crippen molar-refractivity contribution in [2.24, 2.45) is 5.10 Å². The highest BCUT2D eigenvalue weighted by molar-refractivity contribution is 9.10. The minimum atomic E-state index is -0.436. The van der Waals surface area contributed by atoms with Crippen LogP contribution in [0.25, 0.3) is 0 Å². The van der Waals surface area contributed by atoms with Crippen molar-refractivity contribution in [3.05, 3.63) is 69.2 Å². The molecule has 118 valence electrons. The predicted octanol–water partition coefficient (Wildman–Crippen LogP) is 2.98. The number of benzene rings is 2. The molecule has 0 saturated carbocycles. The van der Waals surface area contributed by atoms with Crippen LogP contribution in [0.2, 0.25) is 5.02 Å². The summed E-state index contributed by atoms with van der Waals surface area (Å²) in [5.41, 5.74) is 3.47. The molecule has 2 rings (SSSR count). The molecule has 0 spiro atoms. The molecule has 5 nitrogen and oxygen atoms in total. The van der Waals surface area contributed by atoms with Crippen LogP contribution in [-0.2, 0) is 4.79 Å². The number of nitrogens with zero attached hydrogens (tertiary/aromatic N) is 1. The van der Waals surface area contributed by atoms with E-state index in [1.54, 1.807) is 42.5 Å². The molecule has 0 heterocycles. The number of hydrogen-bond donors (Lipinski definition) is 2. The summed E-state index contributed by atoms with van der Waals surface area (Å²) in [7, 11) is 0. The molecule has 0 fully saturated rings. The van der Waals surface area contributed by atoms with Gasteiger partial charge in [-0.05, 0) is 34.1 Å². The molecule has 0 aliphatic carbocycles. The lowest BCUT2D eigenvalue weighted by atomic mass is 10.2. The molecule has 2 aromatic rings. The van der Waals surface area contributed by atoms with Gasteiger partial charge < -0.3 is 5.32 Å². The highest BCUT2D eigenvalue weighted by atomic mass is 79.9. The quantitative estimate of drug-likeness (QED) is 0.604. The van der Waals surface area contributed by atoms with Gasteiger partial charge >= 0.3 is 0 Å². The second kappa shape index (κ2) is 8.45. The molecule has 2 amide bonds. The molecule has 0 aliphatic heterocycles. The zero-order valence-electron chi connectivity index (χ0n) is 11.9. The van der Waals surface area contributed by atoms with Gasteiger partial charge in [-0.15, -0.1) is 0 Å². The van der Waals surface area contributed by atoms with E-state index >= 15 is 0 Å². The van der Waals surface area contributed by atoms with E-state index in [0.29, 0.717) is 20.6 Å². The first-order chi connectivity index (χ1) is 11.1. The Morgan fingerprint density at radius 1 is 1.13 bits per heavy atom. The second-order valence-corrected chi connectivity index (χ2v) is 5.74. The summed E-state index contributed by atoms with van der Waals surface area (Å²) in [6, 6.07) is 14.1. The third-order valence-electron chi connectivity index (χ3n) is 2.83. The Morgan fingerprint density at radius 3 is 2.57 bits per heavy atom. The lowest BCUT2D eigenvalue weighted by molar-refractivity contribution is -0.120. The number of rotatable bonds is 5. The molecular formula is C16H13BrClN3O2. The van der Waals surface area contributed by atoms with Crippen LogP contribution in [0.1, 0.15) is 15.9 Å². The standard InChI is InChI=1S/C16H13BrClN3O2/c17-13-7-3-2-6-12(13)16(23)19-10-15(22)21-20-9-11-5-1-4-8-14(11)18/h1-9H,10H2,(H,19,23)(H,21,22). The lowest BCUT2D eigenvalue weighted by Gasteiger charge is -2.05. The van der Waals surface area contributed by atoms with Crippen molar-refractivity contribution >= 4 is 45.6 Å². The minimum absolute atomic E-state index is 0.181. The van der Waals surface area contributed by atoms with Crippen LogP contribution >= 0.6 is 27.5 Å². The SMILES string of the molecule is O=C(CNC(=O)c1ccccc1Br)NN=Cc1ccccc1Cl. The predicted molar refractivity (Wildman–Crippen MR) is 93.7 cm³/mol. The number of hydrazone groups is 1. The van der Waals surface area contributed by atoms with E-state index in [2.05, 4.69) is 31.8 Å². The van der Waals surface area contributed by atoms with Gasteiger partial charge in [0.1, 0.15) is 0 Å². The van der Waals surface area contributed by atoms with Crippen LogP contribution < -0.4 is 10.7 Å². The Balaban J connectivity index is 1.83. The lowest BCUT2D eigenvalue weighted by Crippen LogP contribution is -2.35. The van der Waals surface area contributed by atoms with Crippen LogP contribution in [0.15, 0.2) is 58.1 Å². The largest absolute Gasteiger partial charge is 0.343 e. The normalized spacial score (nSPS) is 10.5. The first kappa shape index (κ1) is 17.2. The number of halogens is 2. The van der Waals surface area contributed by atoms with E-state index in [0.717, 1.165) is 0 Å². The summed E-state index contributed by atoms with van der Waals surface area (Å²) in [6.07, 6.45) is 1.44. The monoisotopic (exact) mass is 393 g/mol. The third kappa shape index (κ3) is 5.19. The summed E-state index contributed by atoms with van der Waals surface area (Å²) < 4.78 is 0.662. The smallest absolute Gasteiger partial charge is 0.259 e. The summed E-state index contributed by atoms with van der Waals surface area (Å²) in [4.78, 5) is 23.6. The Kier molecular flexibility index (Phi) is 6.31. The zero-order valence-corrected chi connectivity index (χ0v) is 14.3. The Labute approximate surface area is 146 Å². The van der Waals surface area contributed by atoms with Crippen molar-refractivity contribution in [2.75, 3.05) is 6.54 Å². The van der Waals surface area contributed by atoms with E-state index in [9.17, 15) is 9.59 Å². The van der Waals surface area contributed by atoms with Crippen LogP contribution in [0.5, 0.6) is 0 Å². The Hall–Kier alpha value is -2.18. The third-order valence-corrected chi connectivity index (χ3v) is 3.86. The van der Waals surface area contributed by atoms with Crippen molar-refractivity contribution in [1.82, 2.24) is 10.7 Å². The van der Waals surface area contributed by atoms with Crippen LogP contribution in [0.4, 0.5) is 0 Å². The van der Waals surface area contributed by atoms with Gasteiger partial charge in [0.15, 0.2) is 0 Å². The number of amides is 2. The van der Waals surface area contributed by atoms with Crippen molar-refractivity contribution in [3.63, 3.8) is 0 Å². The molecule has 0 radical (unpaired) electrons. The molecular weight excluding hydrogens is 382 g/mol. The van der Waals surface area contributed by atoms with Crippen LogP contribution in [0.3, 0.4) is 0 Å². The molecule has 7 heteroatoms. The van der Waals surface area contributed by atoms with Gasteiger partial charge in [-0.3, -0.25) is 9.59 Å². The highest BCUT2D eigenvalue weighted by Gasteiger charge is 2.10. The van der Waals surface area contributed by atoms with Gasteiger partial charge in [0.25, 0.3) is 11.8 Å². The molecule has 0 unspecified atom stereocenters. The van der Waals surface area contributed by atoms with Crippen molar-refractivity contribution < 1.29 is 9.59 Å². The van der Waals surface area contributed by atoms with E-state index < -0.39 is 5.91 Å². The summed E-state index contributed by atoms with van der Waals surface area (Å²) in [5, 5.41) is 6.85. The maximum absolute atomic E-state index is 11.9. The molecule has 0 aromatic heterocycles. The molecule has 23 heavy (non-hydrogen) atoms. The van der Waals surface area contributed by atoms with Crippen LogP contribution in [0, 0.1) is 0 Å². The summed E-state index contributed by atoms with van der Waals surface area (Å²) >= 11 is 9.24. The average molecular weight is 395 g/mol. The van der Waals surface area contributed by atoms with Gasteiger partial charge in [-0.2, -0.15) is 5.10 Å². The molecule has 0 atom stereocenters. The van der Waals surface area contributed by atoms with Crippen LogP contribution in [-0.4, -0.2) is 24.6 Å². The topological polar surface area (TPSA) is 70.6 Å². The molecule has 0 bridgehead atoms. The zero-order chi connectivity index (χ0) is 16.7. The number of nitrogens with one attached hydrogen (secondary N) is 2. The molecule has 2 aromatic carbocycles. The highest BCUT2D eigenvalue weighted by Crippen LogP contribution is 2.15. The first-order valence-corrected chi connectivity index (χ1v) is 7.84. The summed E-state index contributed by atoms with van der Waals surface area (Å²) in [5.74, 6) is -0.781. The fourth-order valence-electron chi connectivity index (χ4n) is 1.69. The van der Waals surface area contributed by atoms with E-state index in [1.165, 1.54) is 6.21 Å². The number of hydrogen-bond acceptors (Lipinski definition) is 3. The van der Waals surface area contributed by atoms with Gasteiger partial charge in [0.05, 0.1) is 18.3 Å². The number of carbonyl (C=O) groups excluding carboxylic acids is 2. The van der Waals surface area contributed by atoms with Gasteiger partial charge in [-0.1, -0.05) is 41.9 Å². The number of carbonyl (C=O) groups is 2. The van der Waals surface area contributed by atoms with Crippen molar-refractivity contribution in [3.8, 4) is 0 Å². The Morgan fingerprint density at radius 2 is 1.83 bits per heavy atom. The fourth-order valence-corrected chi connectivity index (χ4v) is 2.34. The summed E-state index contributed by atoms with van der Waals surface area (Å²) in [6.45, 7) is -0.181. The van der Waals surface area contributed by atoms with E-state index in [1.807, 2.05) is 6.07 Å². The molecule has 0 saturated heterocycles.